The van der Waals surface area contributed by atoms with Gasteiger partial charge in [-0.15, -0.1) is 0 Å². The van der Waals surface area contributed by atoms with Crippen molar-refractivity contribution in [2.75, 3.05) is 20.8 Å². The summed E-state index contributed by atoms with van der Waals surface area (Å²) in [6, 6.07) is 0.386. The average molecular weight is 560 g/mol. The van der Waals surface area contributed by atoms with Gasteiger partial charge in [0.1, 0.15) is 18.8 Å². The van der Waals surface area contributed by atoms with Gasteiger partial charge in [-0.1, -0.05) is 17.2 Å². The van der Waals surface area contributed by atoms with Crippen LogP contribution in [0, 0.1) is 0 Å². The first-order chi connectivity index (χ1) is 18.9. The number of cyclic esters (lactones) is 1. The van der Waals surface area contributed by atoms with Crippen LogP contribution in [-0.4, -0.2) is 71.5 Å². The second kappa shape index (κ2) is 13.2. The van der Waals surface area contributed by atoms with Gasteiger partial charge in [0.25, 0.3) is 5.91 Å². The third-order valence-electron chi connectivity index (χ3n) is 7.39. The van der Waals surface area contributed by atoms with Crippen molar-refractivity contribution in [3.8, 4) is 17.2 Å². The Kier molecular flexibility index (Phi) is 10.2. The molecule has 2 N–H and O–H groups in total. The highest BCUT2D eigenvalue weighted by atomic mass is 16.6. The highest BCUT2D eigenvalue weighted by Gasteiger charge is 2.40. The number of esters is 2. The van der Waals surface area contributed by atoms with Crippen LogP contribution >= 0.6 is 0 Å². The third-order valence-corrected chi connectivity index (χ3v) is 7.39. The van der Waals surface area contributed by atoms with Gasteiger partial charge in [0.2, 0.25) is 5.75 Å². The molecule has 0 spiro atoms. The average Bonchev–Trinajstić information content (AvgIpc) is 3.22. The Morgan fingerprint density at radius 2 is 1.77 bits per heavy atom. The number of aliphatic hydroxyl groups is 1. The van der Waals surface area contributed by atoms with E-state index in [0.29, 0.717) is 18.4 Å². The van der Waals surface area contributed by atoms with E-state index < -0.39 is 35.6 Å². The molecular weight excluding hydrogens is 518 g/mol. The van der Waals surface area contributed by atoms with Crippen molar-refractivity contribution in [3.05, 3.63) is 40.5 Å². The van der Waals surface area contributed by atoms with E-state index in [0.717, 1.165) is 24.0 Å². The molecule has 2 atom stereocenters. The van der Waals surface area contributed by atoms with Crippen molar-refractivity contribution in [2.24, 2.45) is 0 Å². The number of nitrogens with zero attached hydrogens (tertiary/aromatic N) is 1. The SMILES string of the molecule is COC(=O)[C@@H]1CCC(=O)O[C@@H](C(C)(C)O)CC/C(C)=C\CC/C(C)=C\COc2c(OC)cc3c(c2O)CN1C3=O. The molecule has 0 radical (unpaired) electrons. The van der Waals surface area contributed by atoms with Crippen molar-refractivity contribution in [1.29, 1.82) is 0 Å². The fraction of sp³-hybridized carbons (Fsp3) is 0.567. The predicted molar refractivity (Wildman–Crippen MR) is 147 cm³/mol. The van der Waals surface area contributed by atoms with E-state index in [1.54, 1.807) is 13.8 Å². The summed E-state index contributed by atoms with van der Waals surface area (Å²) in [5.74, 6) is -1.74. The van der Waals surface area contributed by atoms with Gasteiger partial charge in [-0.2, -0.15) is 0 Å². The first-order valence-electron chi connectivity index (χ1n) is 13.5. The van der Waals surface area contributed by atoms with Gasteiger partial charge in [-0.25, -0.2) is 4.79 Å². The zero-order valence-corrected chi connectivity index (χ0v) is 24.2. The van der Waals surface area contributed by atoms with Gasteiger partial charge in [-0.3, -0.25) is 9.59 Å². The molecule has 0 unspecified atom stereocenters. The molecule has 1 aromatic rings. The predicted octanol–water partition coefficient (Wildman–Crippen LogP) is 4.21. The van der Waals surface area contributed by atoms with Crippen LogP contribution in [0.25, 0.3) is 0 Å². The van der Waals surface area contributed by atoms with E-state index in [9.17, 15) is 24.6 Å². The number of phenolic OH excluding ortho intramolecular Hbond substituents is 1. The number of hydrogen-bond donors (Lipinski definition) is 2. The van der Waals surface area contributed by atoms with Crippen LogP contribution in [0.5, 0.6) is 17.2 Å². The lowest BCUT2D eigenvalue weighted by molar-refractivity contribution is -0.163. The molecule has 1 aromatic carbocycles. The Hall–Kier alpha value is -3.53. The molecule has 3 bridgehead atoms. The number of allylic oxidation sites excluding steroid dienone is 3. The van der Waals surface area contributed by atoms with Gasteiger partial charge < -0.3 is 34.1 Å². The fourth-order valence-electron chi connectivity index (χ4n) is 4.90. The Bertz CT molecular complexity index is 1180. The first kappa shape index (κ1) is 31.0. The molecule has 2 aliphatic rings. The molecule has 0 aliphatic carbocycles. The number of fused-ring (bicyclic) bond motifs is 2. The molecule has 3 rings (SSSR count). The second-order valence-electron chi connectivity index (χ2n) is 10.9. The Morgan fingerprint density at radius 1 is 1.07 bits per heavy atom. The number of hydrogen-bond acceptors (Lipinski definition) is 9. The van der Waals surface area contributed by atoms with Crippen LogP contribution in [0.2, 0.25) is 0 Å². The van der Waals surface area contributed by atoms with Crippen LogP contribution in [0.4, 0.5) is 0 Å². The summed E-state index contributed by atoms with van der Waals surface area (Å²) in [5.41, 5.74) is 1.42. The first-order valence-corrected chi connectivity index (χ1v) is 13.5. The summed E-state index contributed by atoms with van der Waals surface area (Å²) in [7, 11) is 2.62. The standard InChI is InChI=1S/C30H41NO9/c1-18-8-7-9-19(2)14-15-39-27-23(37-5)16-20-21(26(27)33)17-31(28(20)34)22(29(35)38-6)11-13-25(32)40-24(12-10-18)30(3,4)36/h8,14,16,22,24,33,36H,7,9-13,15,17H2,1-6H3/b18-8-,19-14-/t22-,24+/m0/s1. The Labute approximate surface area is 235 Å². The van der Waals surface area contributed by atoms with E-state index in [1.165, 1.54) is 25.2 Å². The summed E-state index contributed by atoms with van der Waals surface area (Å²) in [5, 5.41) is 21.7. The van der Waals surface area contributed by atoms with Crippen LogP contribution < -0.4 is 9.47 Å². The quantitative estimate of drug-likeness (QED) is 0.413. The molecule has 2 heterocycles. The topological polar surface area (TPSA) is 132 Å². The minimum absolute atomic E-state index is 0.0614. The highest BCUT2D eigenvalue weighted by Crippen LogP contribution is 2.45. The zero-order valence-electron chi connectivity index (χ0n) is 24.2. The van der Waals surface area contributed by atoms with Crippen LogP contribution in [0.1, 0.15) is 82.1 Å². The molecule has 0 saturated heterocycles. The van der Waals surface area contributed by atoms with Crippen LogP contribution in [0.15, 0.2) is 29.4 Å². The molecule has 1 amide bonds. The Morgan fingerprint density at radius 3 is 2.42 bits per heavy atom. The maximum Gasteiger partial charge on any atom is 0.328 e. The van der Waals surface area contributed by atoms with E-state index in [2.05, 4.69) is 6.08 Å². The minimum atomic E-state index is -1.27. The number of rotatable bonds is 3. The maximum absolute atomic E-state index is 13.4. The Balaban J connectivity index is 1.98. The summed E-state index contributed by atoms with van der Waals surface area (Å²) in [6.45, 7) is 7.28. The van der Waals surface area contributed by atoms with Gasteiger partial charge in [-0.05, 0) is 71.9 Å². The van der Waals surface area contributed by atoms with Gasteiger partial charge in [0, 0.05) is 12.0 Å². The number of methoxy groups -OCH3 is 2. The van der Waals surface area contributed by atoms with Crippen molar-refractivity contribution in [2.45, 2.75) is 90.5 Å². The van der Waals surface area contributed by atoms with Crippen LogP contribution in [-0.2, 0) is 25.6 Å². The van der Waals surface area contributed by atoms with E-state index >= 15 is 0 Å². The fourth-order valence-corrected chi connectivity index (χ4v) is 4.90. The number of benzene rings is 1. The van der Waals surface area contributed by atoms with E-state index in [4.69, 9.17) is 18.9 Å². The number of carbonyl (C=O) groups is 3. The molecule has 220 valence electrons. The molecule has 10 heteroatoms. The number of phenols is 1. The number of ether oxygens (including phenoxy) is 4. The molecule has 40 heavy (non-hydrogen) atoms. The molecule has 0 fully saturated rings. The monoisotopic (exact) mass is 559 g/mol. The number of aromatic hydroxyl groups is 1. The lowest BCUT2D eigenvalue weighted by Gasteiger charge is -2.30. The minimum Gasteiger partial charge on any atom is -0.504 e. The number of amides is 1. The van der Waals surface area contributed by atoms with Crippen molar-refractivity contribution in [3.63, 3.8) is 0 Å². The summed E-state index contributed by atoms with van der Waals surface area (Å²) in [6.07, 6.45) is 5.73. The van der Waals surface area contributed by atoms with E-state index in [1.807, 2.05) is 19.9 Å². The molecule has 2 aliphatic heterocycles. The van der Waals surface area contributed by atoms with Crippen LogP contribution in [0.3, 0.4) is 0 Å². The lowest BCUT2D eigenvalue weighted by Crippen LogP contribution is -2.43. The summed E-state index contributed by atoms with van der Waals surface area (Å²) >= 11 is 0. The normalized spacial score (nSPS) is 24.1. The lowest BCUT2D eigenvalue weighted by atomic mass is 9.95. The van der Waals surface area contributed by atoms with Crippen molar-refractivity contribution in [1.82, 2.24) is 4.90 Å². The van der Waals surface area contributed by atoms with Gasteiger partial charge >= 0.3 is 11.9 Å². The zero-order chi connectivity index (χ0) is 29.6. The highest BCUT2D eigenvalue weighted by molar-refractivity contribution is 6.02. The second-order valence-corrected chi connectivity index (χ2v) is 10.9. The summed E-state index contributed by atoms with van der Waals surface area (Å²) in [4.78, 5) is 40.3. The number of carbonyl (C=O) groups excluding carboxylic acids is 3. The van der Waals surface area contributed by atoms with Gasteiger partial charge in [0.15, 0.2) is 11.5 Å². The van der Waals surface area contributed by atoms with Crippen molar-refractivity contribution < 1.29 is 43.5 Å². The van der Waals surface area contributed by atoms with Crippen molar-refractivity contribution >= 4 is 17.8 Å². The smallest absolute Gasteiger partial charge is 0.328 e. The third kappa shape index (κ3) is 7.35. The largest absolute Gasteiger partial charge is 0.504 e. The van der Waals surface area contributed by atoms with Gasteiger partial charge in [0.05, 0.1) is 31.9 Å². The van der Waals surface area contributed by atoms with E-state index in [-0.39, 0.29) is 48.8 Å². The molecule has 0 aromatic heterocycles. The molecule has 0 saturated carbocycles. The molecular formula is C30H41NO9. The maximum atomic E-state index is 13.4. The molecule has 10 nitrogen and oxygen atoms in total. The summed E-state index contributed by atoms with van der Waals surface area (Å²) < 4.78 is 21.9.